The Hall–Kier alpha value is -2.93. The number of thiophene rings is 1. The van der Waals surface area contributed by atoms with Crippen molar-refractivity contribution in [3.63, 3.8) is 0 Å². The third-order valence-corrected chi connectivity index (χ3v) is 6.58. The van der Waals surface area contributed by atoms with Gasteiger partial charge in [0.1, 0.15) is 5.69 Å². The molecule has 2 amide bonds. The molecule has 0 spiro atoms. The normalized spacial score (nSPS) is 17.1. The molecule has 31 heavy (non-hydrogen) atoms. The van der Waals surface area contributed by atoms with Crippen molar-refractivity contribution in [2.24, 2.45) is 13.0 Å². The molecule has 0 unspecified atom stereocenters. The number of aromatic nitrogens is 2. The maximum Gasteiger partial charge on any atom is 0.274 e. The highest BCUT2D eigenvalue weighted by molar-refractivity contribution is 7.13. The first-order valence-electron chi connectivity index (χ1n) is 10.7. The van der Waals surface area contributed by atoms with Crippen LogP contribution in [0.15, 0.2) is 54.3 Å². The molecule has 0 N–H and O–H groups in total. The van der Waals surface area contributed by atoms with Crippen LogP contribution >= 0.6 is 11.3 Å². The summed E-state index contributed by atoms with van der Waals surface area (Å²) < 4.78 is 1.77. The standard InChI is InChI=1S/C24H28N4O2S/c1-3-9-27-10-11-28(24(30)21-16-26(2)17-25-21)15-20(23(27)29)14-18-6-4-7-19(13-18)22-8-5-12-31-22/h4-8,12-13,16-17,20H,3,9-11,14-15H2,1-2H3/t20-/m1/s1. The van der Waals surface area contributed by atoms with Gasteiger partial charge in [0.2, 0.25) is 5.91 Å². The second-order valence-electron chi connectivity index (χ2n) is 8.08. The molecule has 0 saturated carbocycles. The van der Waals surface area contributed by atoms with Crippen molar-refractivity contribution in [1.29, 1.82) is 0 Å². The Morgan fingerprint density at radius 1 is 1.23 bits per heavy atom. The van der Waals surface area contributed by atoms with Crippen LogP contribution in [0.2, 0.25) is 0 Å². The number of rotatable bonds is 6. The highest BCUT2D eigenvalue weighted by Gasteiger charge is 2.33. The highest BCUT2D eigenvalue weighted by atomic mass is 32.1. The van der Waals surface area contributed by atoms with Gasteiger partial charge < -0.3 is 14.4 Å². The van der Waals surface area contributed by atoms with Crippen LogP contribution in [-0.4, -0.2) is 57.3 Å². The zero-order chi connectivity index (χ0) is 21.8. The second-order valence-corrected chi connectivity index (χ2v) is 9.03. The van der Waals surface area contributed by atoms with E-state index in [1.807, 2.05) is 24.1 Å². The van der Waals surface area contributed by atoms with Gasteiger partial charge in [0.05, 0.1) is 12.2 Å². The Balaban J connectivity index is 1.57. The van der Waals surface area contributed by atoms with Crippen LogP contribution in [0.3, 0.4) is 0 Å². The van der Waals surface area contributed by atoms with Gasteiger partial charge in [-0.25, -0.2) is 4.98 Å². The first-order chi connectivity index (χ1) is 15.0. The first-order valence-corrected chi connectivity index (χ1v) is 11.6. The molecule has 0 bridgehead atoms. The first kappa shape index (κ1) is 21.3. The lowest BCUT2D eigenvalue weighted by Crippen LogP contribution is -2.38. The van der Waals surface area contributed by atoms with Crippen molar-refractivity contribution in [3.05, 3.63) is 65.6 Å². The fraction of sp³-hybridized carbons (Fsp3) is 0.375. The van der Waals surface area contributed by atoms with E-state index in [1.165, 1.54) is 10.4 Å². The Kier molecular flexibility index (Phi) is 6.51. The summed E-state index contributed by atoms with van der Waals surface area (Å²) >= 11 is 1.71. The predicted octanol–water partition coefficient (Wildman–Crippen LogP) is 3.70. The molecule has 3 aromatic rings. The minimum absolute atomic E-state index is 0.107. The van der Waals surface area contributed by atoms with E-state index < -0.39 is 0 Å². The largest absolute Gasteiger partial charge is 0.341 e. The highest BCUT2D eigenvalue weighted by Crippen LogP contribution is 2.27. The van der Waals surface area contributed by atoms with E-state index in [-0.39, 0.29) is 17.7 Å². The molecule has 4 rings (SSSR count). The number of hydrogen-bond acceptors (Lipinski definition) is 4. The molecular weight excluding hydrogens is 408 g/mol. The number of amides is 2. The molecule has 1 fully saturated rings. The SMILES string of the molecule is CCCN1CCN(C(=O)c2cn(C)cn2)C[C@@H](Cc2cccc(-c3cccs3)c2)C1=O. The molecule has 0 aliphatic carbocycles. The fourth-order valence-corrected chi connectivity index (χ4v) is 4.86. The summed E-state index contributed by atoms with van der Waals surface area (Å²) in [4.78, 5) is 35.5. The monoisotopic (exact) mass is 436 g/mol. The van der Waals surface area contributed by atoms with Crippen LogP contribution < -0.4 is 0 Å². The Bertz CT molecular complexity index is 1040. The predicted molar refractivity (Wildman–Crippen MR) is 123 cm³/mol. The average molecular weight is 437 g/mol. The quantitative estimate of drug-likeness (QED) is 0.592. The minimum atomic E-state index is -0.264. The zero-order valence-corrected chi connectivity index (χ0v) is 18.8. The second kappa shape index (κ2) is 9.47. The molecule has 1 aliphatic heterocycles. The van der Waals surface area contributed by atoms with E-state index in [0.717, 1.165) is 18.5 Å². The van der Waals surface area contributed by atoms with Gasteiger partial charge in [-0.3, -0.25) is 9.59 Å². The van der Waals surface area contributed by atoms with Crippen LogP contribution in [0, 0.1) is 5.92 Å². The average Bonchev–Trinajstić information content (AvgIpc) is 3.43. The van der Waals surface area contributed by atoms with Crippen molar-refractivity contribution in [2.75, 3.05) is 26.2 Å². The summed E-state index contributed by atoms with van der Waals surface area (Å²) in [6.45, 7) is 4.31. The molecule has 1 aromatic carbocycles. The molecule has 0 radical (unpaired) electrons. The molecule has 162 valence electrons. The van der Waals surface area contributed by atoms with E-state index in [2.05, 4.69) is 41.6 Å². The number of aryl methyl sites for hydroxylation is 1. The topological polar surface area (TPSA) is 58.4 Å². The van der Waals surface area contributed by atoms with Gasteiger partial charge in [0, 0.05) is 44.3 Å². The lowest BCUT2D eigenvalue weighted by molar-refractivity contribution is -0.134. The van der Waals surface area contributed by atoms with Crippen LogP contribution in [-0.2, 0) is 18.3 Å². The Morgan fingerprint density at radius 3 is 2.81 bits per heavy atom. The smallest absolute Gasteiger partial charge is 0.274 e. The van der Waals surface area contributed by atoms with Crippen LogP contribution in [0.5, 0.6) is 0 Å². The third kappa shape index (κ3) is 4.88. The molecule has 1 aliphatic rings. The van der Waals surface area contributed by atoms with Gasteiger partial charge in [-0.1, -0.05) is 37.3 Å². The van der Waals surface area contributed by atoms with Gasteiger partial charge in [-0.2, -0.15) is 0 Å². The van der Waals surface area contributed by atoms with Crippen molar-refractivity contribution in [1.82, 2.24) is 19.4 Å². The maximum atomic E-state index is 13.3. The van der Waals surface area contributed by atoms with Crippen molar-refractivity contribution in [2.45, 2.75) is 19.8 Å². The van der Waals surface area contributed by atoms with Gasteiger partial charge in [-0.05, 0) is 35.4 Å². The Morgan fingerprint density at radius 2 is 2.10 bits per heavy atom. The number of nitrogens with zero attached hydrogens (tertiary/aromatic N) is 4. The Labute approximate surface area is 187 Å². The van der Waals surface area contributed by atoms with Crippen molar-refractivity contribution < 1.29 is 9.59 Å². The van der Waals surface area contributed by atoms with Gasteiger partial charge in [0.15, 0.2) is 0 Å². The number of carbonyl (C=O) groups excluding carboxylic acids is 2. The molecule has 1 saturated heterocycles. The van der Waals surface area contributed by atoms with E-state index in [0.29, 0.717) is 31.7 Å². The van der Waals surface area contributed by atoms with Crippen molar-refractivity contribution >= 4 is 23.2 Å². The number of hydrogen-bond donors (Lipinski definition) is 0. The summed E-state index contributed by atoms with van der Waals surface area (Å²) in [7, 11) is 1.85. The van der Waals surface area contributed by atoms with Gasteiger partial charge in [-0.15, -0.1) is 11.3 Å². The zero-order valence-electron chi connectivity index (χ0n) is 18.0. The van der Waals surface area contributed by atoms with Gasteiger partial charge >= 0.3 is 0 Å². The summed E-state index contributed by atoms with van der Waals surface area (Å²) in [5.74, 6) is -0.232. The van der Waals surface area contributed by atoms with E-state index in [4.69, 9.17) is 0 Å². The molecule has 1 atom stereocenters. The maximum absolute atomic E-state index is 13.3. The summed E-state index contributed by atoms with van der Waals surface area (Å²) in [6.07, 6.45) is 4.89. The van der Waals surface area contributed by atoms with E-state index in [1.54, 1.807) is 33.3 Å². The lowest BCUT2D eigenvalue weighted by atomic mass is 9.96. The van der Waals surface area contributed by atoms with E-state index in [9.17, 15) is 9.59 Å². The van der Waals surface area contributed by atoms with Crippen LogP contribution in [0.1, 0.15) is 29.4 Å². The number of benzene rings is 1. The van der Waals surface area contributed by atoms with Crippen molar-refractivity contribution in [3.8, 4) is 10.4 Å². The summed E-state index contributed by atoms with van der Waals surface area (Å²) in [6, 6.07) is 12.5. The third-order valence-electron chi connectivity index (χ3n) is 5.66. The summed E-state index contributed by atoms with van der Waals surface area (Å²) in [5, 5.41) is 2.07. The molecule has 3 heterocycles. The fourth-order valence-electron chi connectivity index (χ4n) is 4.14. The summed E-state index contributed by atoms with van der Waals surface area (Å²) in [5.41, 5.74) is 2.71. The number of imidazole rings is 1. The molecule has 7 heteroatoms. The molecular formula is C24H28N4O2S. The minimum Gasteiger partial charge on any atom is -0.341 e. The molecule has 2 aromatic heterocycles. The van der Waals surface area contributed by atoms with Crippen LogP contribution in [0.4, 0.5) is 0 Å². The lowest BCUT2D eigenvalue weighted by Gasteiger charge is -2.23. The van der Waals surface area contributed by atoms with E-state index >= 15 is 0 Å². The molecule has 6 nitrogen and oxygen atoms in total. The number of carbonyl (C=O) groups is 2. The van der Waals surface area contributed by atoms with Crippen LogP contribution in [0.25, 0.3) is 10.4 Å². The van der Waals surface area contributed by atoms with Gasteiger partial charge in [0.25, 0.3) is 5.91 Å².